The number of nitrogens with zero attached hydrogens (tertiary/aromatic N) is 2. The van der Waals surface area contributed by atoms with Gasteiger partial charge in [0.05, 0.1) is 15.6 Å². The molecule has 1 aromatic rings. The van der Waals surface area contributed by atoms with Crippen molar-refractivity contribution in [1.29, 1.82) is 0 Å². The average Bonchev–Trinajstić information content (AvgIpc) is 2.56. The van der Waals surface area contributed by atoms with E-state index in [4.69, 9.17) is 23.8 Å². The molecule has 2 rings (SSSR count). The molecule has 8 heteroatoms. The number of benzene rings is 1. The minimum absolute atomic E-state index is 0.0152. The van der Waals surface area contributed by atoms with Gasteiger partial charge in [0.2, 0.25) is 0 Å². The van der Waals surface area contributed by atoms with Crippen LogP contribution in [0.4, 0.5) is 11.4 Å². The smallest absolute Gasteiger partial charge is 0.271 e. The van der Waals surface area contributed by atoms with E-state index in [1.165, 1.54) is 37.5 Å². The van der Waals surface area contributed by atoms with Crippen molar-refractivity contribution in [2.75, 3.05) is 25.0 Å². The normalized spacial score (nSPS) is 15.8. The van der Waals surface area contributed by atoms with Gasteiger partial charge in [0.25, 0.3) is 5.69 Å². The van der Waals surface area contributed by atoms with E-state index in [1.807, 2.05) is 0 Å². The number of anilines is 1. The Morgan fingerprint density at radius 1 is 1.38 bits per heavy atom. The number of nitrogens with one attached hydrogen (secondary N) is 2. The number of halogens is 1. The van der Waals surface area contributed by atoms with Gasteiger partial charge in [0, 0.05) is 24.2 Å². The molecule has 1 fully saturated rings. The second-order valence-electron chi connectivity index (χ2n) is 6.59. The van der Waals surface area contributed by atoms with Crippen LogP contribution in [0.3, 0.4) is 0 Å². The van der Waals surface area contributed by atoms with Crippen LogP contribution in [-0.4, -0.2) is 40.1 Å². The van der Waals surface area contributed by atoms with Crippen LogP contribution in [0.15, 0.2) is 18.2 Å². The summed E-state index contributed by atoms with van der Waals surface area (Å²) in [6.45, 7) is 7.27. The Morgan fingerprint density at radius 3 is 2.67 bits per heavy atom. The Balaban J connectivity index is 1.93. The second kappa shape index (κ2) is 8.09. The van der Waals surface area contributed by atoms with Gasteiger partial charge in [-0.05, 0) is 58.1 Å². The van der Waals surface area contributed by atoms with Crippen molar-refractivity contribution in [2.24, 2.45) is 0 Å². The van der Waals surface area contributed by atoms with E-state index in [-0.39, 0.29) is 11.2 Å². The molecule has 0 saturated carbocycles. The molecule has 0 radical (unpaired) electrons. The maximum atomic E-state index is 10.9. The summed E-state index contributed by atoms with van der Waals surface area (Å²) in [6.07, 6.45) is 3.76. The van der Waals surface area contributed by atoms with Crippen LogP contribution in [0.2, 0.25) is 5.02 Å². The summed E-state index contributed by atoms with van der Waals surface area (Å²) in [5, 5.41) is 17.8. The Kier molecular flexibility index (Phi) is 6.37. The largest absolute Gasteiger partial charge is 0.361 e. The van der Waals surface area contributed by atoms with E-state index < -0.39 is 4.92 Å². The lowest BCUT2D eigenvalue weighted by Gasteiger charge is -2.41. The zero-order chi connectivity index (χ0) is 17.7. The van der Waals surface area contributed by atoms with Crippen LogP contribution in [0.25, 0.3) is 0 Å². The number of likely N-dealkylation sites (tertiary alicyclic amines) is 1. The molecule has 1 saturated heterocycles. The highest BCUT2D eigenvalue weighted by Gasteiger charge is 2.27. The molecule has 132 valence electrons. The molecule has 1 aliphatic rings. The topological polar surface area (TPSA) is 70.4 Å². The first kappa shape index (κ1) is 18.9. The van der Waals surface area contributed by atoms with Gasteiger partial charge in [0.1, 0.15) is 0 Å². The first-order valence-corrected chi connectivity index (χ1v) is 8.82. The molecule has 0 spiro atoms. The zero-order valence-electron chi connectivity index (χ0n) is 14.0. The van der Waals surface area contributed by atoms with Gasteiger partial charge in [0.15, 0.2) is 5.11 Å². The molecule has 1 heterocycles. The Morgan fingerprint density at radius 2 is 2.04 bits per heavy atom. The Bertz CT molecular complexity index is 618. The number of piperidine rings is 1. The van der Waals surface area contributed by atoms with Crippen molar-refractivity contribution in [2.45, 2.75) is 38.6 Å². The van der Waals surface area contributed by atoms with Crippen molar-refractivity contribution in [3.8, 4) is 0 Å². The number of hydrogen-bond acceptors (Lipinski definition) is 4. The lowest BCUT2D eigenvalue weighted by atomic mass is 9.98. The summed E-state index contributed by atoms with van der Waals surface area (Å²) in [7, 11) is 0. The monoisotopic (exact) mass is 370 g/mol. The molecule has 0 atom stereocenters. The van der Waals surface area contributed by atoms with E-state index in [1.54, 1.807) is 0 Å². The first-order chi connectivity index (χ1) is 11.3. The van der Waals surface area contributed by atoms with Gasteiger partial charge >= 0.3 is 0 Å². The van der Waals surface area contributed by atoms with E-state index in [9.17, 15) is 10.1 Å². The van der Waals surface area contributed by atoms with Gasteiger partial charge in [-0.1, -0.05) is 18.0 Å². The molecule has 0 bridgehead atoms. The molecule has 0 unspecified atom stereocenters. The fraction of sp³-hybridized carbons (Fsp3) is 0.562. The fourth-order valence-electron chi connectivity index (χ4n) is 2.80. The van der Waals surface area contributed by atoms with Gasteiger partial charge in [-0.3, -0.25) is 15.0 Å². The quantitative estimate of drug-likeness (QED) is 0.466. The van der Waals surface area contributed by atoms with Gasteiger partial charge < -0.3 is 10.6 Å². The summed E-state index contributed by atoms with van der Waals surface area (Å²) in [5.74, 6) is 0. The molecule has 0 amide bonds. The van der Waals surface area contributed by atoms with Crippen molar-refractivity contribution in [3.05, 3.63) is 33.3 Å². The third-order valence-corrected chi connectivity index (χ3v) is 4.88. The van der Waals surface area contributed by atoms with Crippen LogP contribution >= 0.6 is 23.8 Å². The van der Waals surface area contributed by atoms with Crippen LogP contribution in [-0.2, 0) is 0 Å². The Labute approximate surface area is 152 Å². The van der Waals surface area contributed by atoms with Gasteiger partial charge in [-0.15, -0.1) is 0 Å². The van der Waals surface area contributed by atoms with Crippen molar-refractivity contribution >= 4 is 40.3 Å². The van der Waals surface area contributed by atoms with E-state index in [0.717, 1.165) is 13.1 Å². The van der Waals surface area contributed by atoms with Crippen LogP contribution in [0, 0.1) is 10.1 Å². The average molecular weight is 371 g/mol. The summed E-state index contributed by atoms with van der Waals surface area (Å²) >= 11 is 11.4. The fourth-order valence-corrected chi connectivity index (χ4v) is 3.14. The number of nitro groups is 1. The minimum atomic E-state index is -0.461. The SMILES string of the molecule is CC(C)(CNC(=S)Nc1cc([N+](=O)[O-])ccc1Cl)N1CCCCC1. The summed E-state index contributed by atoms with van der Waals surface area (Å²) in [4.78, 5) is 12.9. The second-order valence-corrected chi connectivity index (χ2v) is 7.40. The van der Waals surface area contributed by atoms with Gasteiger partial charge in [-0.2, -0.15) is 0 Å². The Hall–Kier alpha value is -1.44. The van der Waals surface area contributed by atoms with Crippen LogP contribution in [0.5, 0.6) is 0 Å². The minimum Gasteiger partial charge on any atom is -0.361 e. The lowest BCUT2D eigenvalue weighted by molar-refractivity contribution is -0.384. The molecule has 2 N–H and O–H groups in total. The van der Waals surface area contributed by atoms with E-state index >= 15 is 0 Å². The molecular weight excluding hydrogens is 348 g/mol. The predicted molar refractivity (Wildman–Crippen MR) is 102 cm³/mol. The zero-order valence-corrected chi connectivity index (χ0v) is 15.5. The predicted octanol–water partition coefficient (Wildman–Crippen LogP) is 3.80. The molecule has 0 aromatic heterocycles. The third kappa shape index (κ3) is 5.03. The standard InChI is InChI=1S/C16H23ClN4O2S/c1-16(2,20-8-4-3-5-9-20)11-18-15(24)19-14-10-12(21(22)23)6-7-13(14)17/h6-7,10H,3-5,8-9,11H2,1-2H3,(H2,18,19,24). The maximum Gasteiger partial charge on any atom is 0.271 e. The first-order valence-electron chi connectivity index (χ1n) is 8.03. The van der Waals surface area contributed by atoms with Crippen LogP contribution < -0.4 is 10.6 Å². The number of nitro benzene ring substituents is 1. The highest BCUT2D eigenvalue weighted by Crippen LogP contribution is 2.26. The number of thiocarbonyl (C=S) groups is 1. The van der Waals surface area contributed by atoms with E-state index in [2.05, 4.69) is 29.4 Å². The molecule has 1 aliphatic heterocycles. The van der Waals surface area contributed by atoms with Crippen molar-refractivity contribution < 1.29 is 4.92 Å². The van der Waals surface area contributed by atoms with E-state index in [0.29, 0.717) is 22.4 Å². The number of rotatable bonds is 5. The third-order valence-electron chi connectivity index (χ3n) is 4.30. The molecule has 6 nitrogen and oxygen atoms in total. The van der Waals surface area contributed by atoms with Crippen molar-refractivity contribution in [1.82, 2.24) is 10.2 Å². The summed E-state index contributed by atoms with van der Waals surface area (Å²) < 4.78 is 0. The molecule has 0 aliphatic carbocycles. The summed E-state index contributed by atoms with van der Waals surface area (Å²) in [6, 6.07) is 4.23. The molecule has 24 heavy (non-hydrogen) atoms. The number of non-ortho nitro benzene ring substituents is 1. The molecule has 1 aromatic carbocycles. The highest BCUT2D eigenvalue weighted by molar-refractivity contribution is 7.80. The van der Waals surface area contributed by atoms with Crippen molar-refractivity contribution in [3.63, 3.8) is 0 Å². The lowest BCUT2D eigenvalue weighted by Crippen LogP contribution is -2.53. The molecular formula is C16H23ClN4O2S. The number of hydrogen-bond donors (Lipinski definition) is 2. The maximum absolute atomic E-state index is 10.9. The van der Waals surface area contributed by atoms with Gasteiger partial charge in [-0.25, -0.2) is 0 Å². The summed E-state index contributed by atoms with van der Waals surface area (Å²) in [5.41, 5.74) is 0.385. The highest BCUT2D eigenvalue weighted by atomic mass is 35.5. The van der Waals surface area contributed by atoms with Crippen LogP contribution in [0.1, 0.15) is 33.1 Å².